The molecule has 1 aliphatic rings. The van der Waals surface area contributed by atoms with Gasteiger partial charge < -0.3 is 19.9 Å². The Morgan fingerprint density at radius 2 is 2.07 bits per heavy atom. The van der Waals surface area contributed by atoms with E-state index in [-0.39, 0.29) is 11.9 Å². The first kappa shape index (κ1) is 10.6. The lowest BCUT2D eigenvalue weighted by molar-refractivity contribution is 0.140. The molecular formula is C10H12BrNO3. The van der Waals surface area contributed by atoms with Gasteiger partial charge in [0.05, 0.1) is 7.11 Å². The van der Waals surface area contributed by atoms with Crippen LogP contribution in [0, 0.1) is 0 Å². The van der Waals surface area contributed by atoms with E-state index < -0.39 is 0 Å². The van der Waals surface area contributed by atoms with Gasteiger partial charge in [0.25, 0.3) is 0 Å². The van der Waals surface area contributed by atoms with Crippen molar-refractivity contribution in [3.8, 4) is 17.2 Å². The van der Waals surface area contributed by atoms with Crippen molar-refractivity contribution in [3.05, 3.63) is 16.6 Å². The third kappa shape index (κ3) is 2.03. The summed E-state index contributed by atoms with van der Waals surface area (Å²) in [7, 11) is 1.51. The molecule has 1 aliphatic heterocycles. The molecule has 1 saturated heterocycles. The highest BCUT2D eigenvalue weighted by Crippen LogP contribution is 2.40. The lowest BCUT2D eigenvalue weighted by atomic mass is 10.2. The second kappa shape index (κ2) is 4.28. The minimum absolute atomic E-state index is 0.0716. The molecule has 82 valence electrons. The van der Waals surface area contributed by atoms with E-state index in [0.29, 0.717) is 16.0 Å². The lowest BCUT2D eigenvalue weighted by Gasteiger charge is -2.28. The smallest absolute Gasteiger partial charge is 0.176 e. The Morgan fingerprint density at radius 1 is 1.40 bits per heavy atom. The van der Waals surface area contributed by atoms with Gasteiger partial charge in [0.2, 0.25) is 0 Å². The Kier molecular flexibility index (Phi) is 3.02. The number of hydrogen-bond acceptors (Lipinski definition) is 4. The molecule has 0 saturated carbocycles. The standard InChI is InChI=1S/C10H12BrNO3/c1-14-8-3-2-7(9(11)10(8)13)15-6-4-12-5-6/h2-3,6,12-13H,4-5H2,1H3. The zero-order chi connectivity index (χ0) is 10.8. The predicted octanol–water partition coefficient (Wildman–Crippen LogP) is 1.51. The van der Waals surface area contributed by atoms with E-state index in [0.717, 1.165) is 13.1 Å². The van der Waals surface area contributed by atoms with Crippen LogP contribution in [-0.4, -0.2) is 31.4 Å². The van der Waals surface area contributed by atoms with Gasteiger partial charge in [0.1, 0.15) is 16.3 Å². The summed E-state index contributed by atoms with van der Waals surface area (Å²) in [6.07, 6.45) is 0.189. The van der Waals surface area contributed by atoms with Crippen molar-refractivity contribution in [2.75, 3.05) is 20.2 Å². The summed E-state index contributed by atoms with van der Waals surface area (Å²) in [4.78, 5) is 0. The van der Waals surface area contributed by atoms with Crippen molar-refractivity contribution in [1.29, 1.82) is 0 Å². The Morgan fingerprint density at radius 3 is 2.60 bits per heavy atom. The van der Waals surface area contributed by atoms with Gasteiger partial charge in [-0.2, -0.15) is 0 Å². The number of hydrogen-bond donors (Lipinski definition) is 2. The Balaban J connectivity index is 2.20. The van der Waals surface area contributed by atoms with Crippen molar-refractivity contribution in [1.82, 2.24) is 5.32 Å². The van der Waals surface area contributed by atoms with Crippen LogP contribution in [0.3, 0.4) is 0 Å². The second-order valence-corrected chi connectivity index (χ2v) is 4.12. The average molecular weight is 274 g/mol. The molecule has 1 heterocycles. The van der Waals surface area contributed by atoms with Crippen LogP contribution >= 0.6 is 15.9 Å². The van der Waals surface area contributed by atoms with Crippen LogP contribution in [0.1, 0.15) is 0 Å². The normalized spacial score (nSPS) is 15.9. The first-order chi connectivity index (χ1) is 7.22. The number of phenolic OH excluding ortho intramolecular Hbond substituents is 1. The molecule has 1 aromatic carbocycles. The number of ether oxygens (including phenoxy) is 2. The molecule has 0 aliphatic carbocycles. The summed E-state index contributed by atoms with van der Waals surface area (Å²) >= 11 is 3.28. The third-order valence-corrected chi connectivity index (χ3v) is 3.07. The number of benzene rings is 1. The number of halogens is 1. The predicted molar refractivity (Wildman–Crippen MR) is 59.6 cm³/mol. The van der Waals surface area contributed by atoms with Crippen molar-refractivity contribution >= 4 is 15.9 Å². The number of methoxy groups -OCH3 is 1. The molecule has 5 heteroatoms. The van der Waals surface area contributed by atoms with Gasteiger partial charge in [-0.05, 0) is 28.1 Å². The van der Waals surface area contributed by atoms with Gasteiger partial charge in [-0.1, -0.05) is 0 Å². The highest BCUT2D eigenvalue weighted by Gasteiger charge is 2.21. The van der Waals surface area contributed by atoms with E-state index in [4.69, 9.17) is 9.47 Å². The number of aromatic hydroxyl groups is 1. The van der Waals surface area contributed by atoms with Crippen molar-refractivity contribution in [3.63, 3.8) is 0 Å². The van der Waals surface area contributed by atoms with Gasteiger partial charge in [-0.25, -0.2) is 0 Å². The summed E-state index contributed by atoms with van der Waals surface area (Å²) in [6, 6.07) is 3.46. The zero-order valence-electron chi connectivity index (χ0n) is 8.29. The lowest BCUT2D eigenvalue weighted by Crippen LogP contribution is -2.50. The van der Waals surface area contributed by atoms with E-state index in [9.17, 15) is 5.11 Å². The van der Waals surface area contributed by atoms with Crippen LogP contribution in [0.25, 0.3) is 0 Å². The fraction of sp³-hybridized carbons (Fsp3) is 0.400. The average Bonchev–Trinajstić information content (AvgIpc) is 2.18. The highest BCUT2D eigenvalue weighted by atomic mass is 79.9. The van der Waals surface area contributed by atoms with E-state index >= 15 is 0 Å². The highest BCUT2D eigenvalue weighted by molar-refractivity contribution is 9.10. The molecule has 0 radical (unpaired) electrons. The maximum Gasteiger partial charge on any atom is 0.176 e. The second-order valence-electron chi connectivity index (χ2n) is 3.33. The quantitative estimate of drug-likeness (QED) is 0.877. The SMILES string of the molecule is COc1ccc(OC2CNC2)c(Br)c1O. The summed E-state index contributed by atoms with van der Waals surface area (Å²) in [5.74, 6) is 1.14. The maximum atomic E-state index is 9.71. The summed E-state index contributed by atoms with van der Waals surface area (Å²) < 4.78 is 11.2. The summed E-state index contributed by atoms with van der Waals surface area (Å²) in [6.45, 7) is 1.69. The molecule has 2 rings (SSSR count). The van der Waals surface area contributed by atoms with Gasteiger partial charge in [-0.15, -0.1) is 0 Å². The van der Waals surface area contributed by atoms with Gasteiger partial charge in [-0.3, -0.25) is 0 Å². The van der Waals surface area contributed by atoms with Gasteiger partial charge >= 0.3 is 0 Å². The van der Waals surface area contributed by atoms with Crippen LogP contribution in [0.15, 0.2) is 16.6 Å². The van der Waals surface area contributed by atoms with Crippen molar-refractivity contribution < 1.29 is 14.6 Å². The van der Waals surface area contributed by atoms with Crippen LogP contribution in [0.2, 0.25) is 0 Å². The van der Waals surface area contributed by atoms with E-state index in [1.54, 1.807) is 12.1 Å². The third-order valence-electron chi connectivity index (χ3n) is 2.30. The largest absolute Gasteiger partial charge is 0.503 e. The Hall–Kier alpha value is -0.940. The molecule has 15 heavy (non-hydrogen) atoms. The van der Waals surface area contributed by atoms with Crippen LogP contribution in [0.5, 0.6) is 17.2 Å². The number of phenols is 1. The fourth-order valence-electron chi connectivity index (χ4n) is 1.31. The first-order valence-electron chi connectivity index (χ1n) is 4.65. The molecule has 0 bridgehead atoms. The first-order valence-corrected chi connectivity index (χ1v) is 5.44. The monoisotopic (exact) mass is 273 g/mol. The molecule has 4 nitrogen and oxygen atoms in total. The molecule has 0 atom stereocenters. The van der Waals surface area contributed by atoms with Crippen LogP contribution < -0.4 is 14.8 Å². The molecule has 0 spiro atoms. The minimum Gasteiger partial charge on any atom is -0.503 e. The van der Waals surface area contributed by atoms with Gasteiger partial charge in [0.15, 0.2) is 11.5 Å². The molecule has 2 N–H and O–H groups in total. The Labute approximate surface area is 96.3 Å². The minimum atomic E-state index is 0.0716. The molecular weight excluding hydrogens is 262 g/mol. The summed E-state index contributed by atoms with van der Waals surface area (Å²) in [5, 5.41) is 12.8. The molecule has 0 unspecified atom stereocenters. The van der Waals surface area contributed by atoms with Crippen molar-refractivity contribution in [2.45, 2.75) is 6.10 Å². The zero-order valence-corrected chi connectivity index (χ0v) is 9.87. The molecule has 0 amide bonds. The van der Waals surface area contributed by atoms with E-state index in [2.05, 4.69) is 21.2 Å². The number of nitrogens with one attached hydrogen (secondary N) is 1. The van der Waals surface area contributed by atoms with Crippen LogP contribution in [-0.2, 0) is 0 Å². The van der Waals surface area contributed by atoms with Crippen molar-refractivity contribution in [2.24, 2.45) is 0 Å². The molecule has 0 aromatic heterocycles. The topological polar surface area (TPSA) is 50.7 Å². The molecule has 1 aromatic rings. The van der Waals surface area contributed by atoms with E-state index in [1.165, 1.54) is 7.11 Å². The van der Waals surface area contributed by atoms with Crippen LogP contribution in [0.4, 0.5) is 0 Å². The number of rotatable bonds is 3. The Bertz CT molecular complexity index is 366. The van der Waals surface area contributed by atoms with Gasteiger partial charge in [0, 0.05) is 13.1 Å². The summed E-state index contributed by atoms with van der Waals surface area (Å²) in [5.41, 5.74) is 0. The fourth-order valence-corrected chi connectivity index (χ4v) is 1.73. The maximum absolute atomic E-state index is 9.71. The van der Waals surface area contributed by atoms with E-state index in [1.807, 2.05) is 0 Å². The molecule has 1 fully saturated rings.